The summed E-state index contributed by atoms with van der Waals surface area (Å²) in [6, 6.07) is 8.40. The van der Waals surface area contributed by atoms with Crippen molar-refractivity contribution in [2.75, 3.05) is 6.61 Å². The van der Waals surface area contributed by atoms with E-state index in [1.165, 1.54) is 30.3 Å². The quantitative estimate of drug-likeness (QED) is 0.317. The number of rotatable bonds is 6. The van der Waals surface area contributed by atoms with Crippen LogP contribution in [0.1, 0.15) is 27.9 Å². The number of halogens is 5. The van der Waals surface area contributed by atoms with Crippen molar-refractivity contribution in [1.29, 1.82) is 0 Å². The van der Waals surface area contributed by atoms with E-state index in [1.54, 1.807) is 6.92 Å². The Bertz CT molecular complexity index is 1030. The van der Waals surface area contributed by atoms with Crippen LogP contribution in [0.2, 0.25) is 5.02 Å². The van der Waals surface area contributed by atoms with E-state index in [0.717, 1.165) is 23.5 Å². The highest BCUT2D eigenvalue weighted by atomic mass is 35.5. The molecule has 0 saturated carbocycles. The second-order valence-electron chi connectivity index (χ2n) is 5.93. The fourth-order valence-electron chi connectivity index (χ4n) is 2.49. The van der Waals surface area contributed by atoms with Gasteiger partial charge in [-0.1, -0.05) is 29.8 Å². The van der Waals surface area contributed by atoms with Gasteiger partial charge in [-0.25, -0.2) is 14.2 Å². The maximum Gasteiger partial charge on any atom is 0.416 e. The molecule has 0 aliphatic carbocycles. The van der Waals surface area contributed by atoms with Crippen LogP contribution >= 0.6 is 22.9 Å². The Morgan fingerprint density at radius 3 is 2.47 bits per heavy atom. The Labute approximate surface area is 178 Å². The molecule has 158 valence electrons. The fourth-order valence-corrected chi connectivity index (χ4v) is 3.68. The van der Waals surface area contributed by atoms with Crippen molar-refractivity contribution >= 4 is 28.9 Å². The van der Waals surface area contributed by atoms with E-state index >= 15 is 0 Å². The molecule has 0 saturated heterocycles. The van der Waals surface area contributed by atoms with E-state index in [1.807, 2.05) is 0 Å². The SMILES string of the molecule is CCOC(=O)c1sc(-c2ccc(C(F)(F)F)cc2)nc1COc1c(F)cccc1Cl. The summed E-state index contributed by atoms with van der Waals surface area (Å²) in [6.07, 6.45) is -4.46. The molecule has 0 amide bonds. The summed E-state index contributed by atoms with van der Waals surface area (Å²) < 4.78 is 62.7. The first-order valence-electron chi connectivity index (χ1n) is 8.62. The van der Waals surface area contributed by atoms with Crippen LogP contribution in [-0.4, -0.2) is 17.6 Å². The summed E-state index contributed by atoms with van der Waals surface area (Å²) in [7, 11) is 0. The predicted molar refractivity (Wildman–Crippen MR) is 104 cm³/mol. The third-order valence-corrected chi connectivity index (χ3v) is 5.31. The van der Waals surface area contributed by atoms with Gasteiger partial charge in [-0.3, -0.25) is 0 Å². The number of hydrogen-bond acceptors (Lipinski definition) is 5. The first-order valence-corrected chi connectivity index (χ1v) is 9.81. The Morgan fingerprint density at radius 2 is 1.87 bits per heavy atom. The third kappa shape index (κ3) is 4.91. The summed E-state index contributed by atoms with van der Waals surface area (Å²) in [5.41, 5.74) is -0.257. The van der Waals surface area contributed by atoms with Gasteiger partial charge in [0.25, 0.3) is 0 Å². The van der Waals surface area contributed by atoms with Gasteiger partial charge in [-0.15, -0.1) is 11.3 Å². The van der Waals surface area contributed by atoms with Crippen LogP contribution in [0.15, 0.2) is 42.5 Å². The lowest BCUT2D eigenvalue weighted by Gasteiger charge is -2.08. The fraction of sp³-hybridized carbons (Fsp3) is 0.200. The van der Waals surface area contributed by atoms with Crippen LogP contribution in [0.3, 0.4) is 0 Å². The number of aromatic nitrogens is 1. The molecule has 0 unspecified atom stereocenters. The summed E-state index contributed by atoms with van der Waals surface area (Å²) >= 11 is 6.88. The van der Waals surface area contributed by atoms with Gasteiger partial charge < -0.3 is 9.47 Å². The molecule has 2 aromatic carbocycles. The van der Waals surface area contributed by atoms with Gasteiger partial charge in [0.15, 0.2) is 11.6 Å². The lowest BCUT2D eigenvalue weighted by atomic mass is 10.1. The normalized spacial score (nSPS) is 11.4. The number of carbonyl (C=O) groups is 1. The Morgan fingerprint density at radius 1 is 1.17 bits per heavy atom. The smallest absolute Gasteiger partial charge is 0.416 e. The molecule has 0 N–H and O–H groups in total. The van der Waals surface area contributed by atoms with Gasteiger partial charge in [-0.2, -0.15) is 13.2 Å². The standard InChI is InChI=1S/C20H14ClF4NO3S/c1-2-28-19(27)17-15(10-29-16-13(21)4-3-5-14(16)22)26-18(30-17)11-6-8-12(9-7-11)20(23,24)25/h3-9H,2,10H2,1H3. The van der Waals surface area contributed by atoms with Gasteiger partial charge in [0.05, 0.1) is 17.2 Å². The van der Waals surface area contributed by atoms with E-state index in [0.29, 0.717) is 10.6 Å². The number of benzene rings is 2. The van der Waals surface area contributed by atoms with Gasteiger partial charge in [-0.05, 0) is 31.2 Å². The van der Waals surface area contributed by atoms with Gasteiger partial charge in [0, 0.05) is 5.56 Å². The molecule has 0 fully saturated rings. The summed E-state index contributed by atoms with van der Waals surface area (Å²) in [5.74, 6) is -1.54. The molecule has 0 aliphatic rings. The van der Waals surface area contributed by atoms with Crippen LogP contribution < -0.4 is 4.74 Å². The molecule has 1 aromatic heterocycles. The number of hydrogen-bond donors (Lipinski definition) is 0. The molecule has 4 nitrogen and oxygen atoms in total. The van der Waals surface area contributed by atoms with E-state index < -0.39 is 23.5 Å². The molecule has 0 atom stereocenters. The molecule has 0 radical (unpaired) electrons. The second-order valence-corrected chi connectivity index (χ2v) is 7.34. The highest BCUT2D eigenvalue weighted by Gasteiger charge is 2.30. The zero-order valence-corrected chi connectivity index (χ0v) is 17.0. The van der Waals surface area contributed by atoms with Crippen molar-refractivity contribution in [1.82, 2.24) is 4.98 Å². The number of para-hydroxylation sites is 1. The van der Waals surface area contributed by atoms with Gasteiger partial charge in [0.2, 0.25) is 0 Å². The number of alkyl halides is 3. The molecule has 3 aromatic rings. The maximum absolute atomic E-state index is 13.9. The minimum absolute atomic E-state index is 0.0471. The first kappa shape index (κ1) is 22.0. The lowest BCUT2D eigenvalue weighted by molar-refractivity contribution is -0.137. The van der Waals surface area contributed by atoms with Crippen LogP contribution in [-0.2, 0) is 17.5 Å². The zero-order chi connectivity index (χ0) is 21.9. The summed E-state index contributed by atoms with van der Waals surface area (Å²) in [5, 5.41) is 0.343. The highest BCUT2D eigenvalue weighted by molar-refractivity contribution is 7.17. The molecule has 3 rings (SSSR count). The molecule has 1 heterocycles. The van der Waals surface area contributed by atoms with Crippen LogP contribution in [0.4, 0.5) is 17.6 Å². The van der Waals surface area contributed by atoms with Gasteiger partial charge in [0.1, 0.15) is 22.2 Å². The number of thiazole rings is 1. The molecule has 0 spiro atoms. The maximum atomic E-state index is 13.9. The zero-order valence-electron chi connectivity index (χ0n) is 15.4. The Balaban J connectivity index is 1.92. The number of ether oxygens (including phenoxy) is 2. The van der Waals surface area contributed by atoms with Gasteiger partial charge >= 0.3 is 12.1 Å². The summed E-state index contributed by atoms with van der Waals surface area (Å²) in [6.45, 7) is 1.46. The largest absolute Gasteiger partial charge is 0.483 e. The van der Waals surface area contributed by atoms with Crippen molar-refractivity contribution in [3.63, 3.8) is 0 Å². The van der Waals surface area contributed by atoms with Crippen molar-refractivity contribution in [3.05, 3.63) is 69.4 Å². The van der Waals surface area contributed by atoms with Crippen molar-refractivity contribution < 1.29 is 31.8 Å². The second kappa shape index (κ2) is 9.01. The lowest BCUT2D eigenvalue weighted by Crippen LogP contribution is -2.08. The number of nitrogens with zero attached hydrogens (tertiary/aromatic N) is 1. The minimum atomic E-state index is -4.46. The van der Waals surface area contributed by atoms with E-state index in [2.05, 4.69) is 4.98 Å². The molecular formula is C20H14ClF4NO3S. The molecule has 30 heavy (non-hydrogen) atoms. The Kier molecular flexibility index (Phi) is 6.62. The van der Waals surface area contributed by atoms with Crippen molar-refractivity contribution in [3.8, 4) is 16.3 Å². The Hall–Kier alpha value is -2.65. The first-order chi connectivity index (χ1) is 14.2. The van der Waals surface area contributed by atoms with E-state index in [9.17, 15) is 22.4 Å². The number of carbonyl (C=O) groups excluding carboxylic acids is 1. The topological polar surface area (TPSA) is 48.4 Å². The van der Waals surface area contributed by atoms with Crippen LogP contribution in [0.5, 0.6) is 5.75 Å². The van der Waals surface area contributed by atoms with Crippen molar-refractivity contribution in [2.45, 2.75) is 19.7 Å². The monoisotopic (exact) mass is 459 g/mol. The molecule has 0 aliphatic heterocycles. The van der Waals surface area contributed by atoms with E-state index in [4.69, 9.17) is 21.1 Å². The average Bonchev–Trinajstić information content (AvgIpc) is 3.12. The number of esters is 1. The molecule has 0 bridgehead atoms. The molecular weight excluding hydrogens is 446 g/mol. The highest BCUT2D eigenvalue weighted by Crippen LogP contribution is 2.34. The average molecular weight is 460 g/mol. The van der Waals surface area contributed by atoms with Crippen molar-refractivity contribution in [2.24, 2.45) is 0 Å². The summed E-state index contributed by atoms with van der Waals surface area (Å²) in [4.78, 5) is 16.7. The van der Waals surface area contributed by atoms with Crippen LogP contribution in [0, 0.1) is 5.82 Å². The van der Waals surface area contributed by atoms with E-state index in [-0.39, 0.29) is 34.6 Å². The predicted octanol–water partition coefficient (Wildman–Crippen LogP) is 6.38. The minimum Gasteiger partial charge on any atom is -0.483 e. The van der Waals surface area contributed by atoms with Crippen LogP contribution in [0.25, 0.3) is 10.6 Å². The molecule has 10 heteroatoms. The third-order valence-electron chi connectivity index (χ3n) is 3.89.